The summed E-state index contributed by atoms with van der Waals surface area (Å²) in [7, 11) is 0. The minimum Gasteiger partial charge on any atom is -0.467 e. The summed E-state index contributed by atoms with van der Waals surface area (Å²) in [6.07, 6.45) is 3.56. The van der Waals surface area contributed by atoms with Crippen LogP contribution in [0.5, 0.6) is 0 Å². The number of carbonyl (C=O) groups excluding carboxylic acids is 1. The standard InChI is InChI=1S/C18H18ClN3O3/c19-17-9-14(6-5-13(17)10-20)21-18(23)22(11-15-3-1-7-24-15)12-16-4-2-8-25-16/h1,3,5-7,9,16H,2,4,8,11-12H2,(H,21,23). The van der Waals surface area contributed by atoms with Gasteiger partial charge in [0.25, 0.3) is 0 Å². The number of urea groups is 1. The van der Waals surface area contributed by atoms with Gasteiger partial charge in [0.2, 0.25) is 0 Å². The van der Waals surface area contributed by atoms with E-state index in [1.165, 1.54) is 0 Å². The summed E-state index contributed by atoms with van der Waals surface area (Å²) in [5.41, 5.74) is 0.900. The first kappa shape index (κ1) is 17.3. The molecule has 130 valence electrons. The van der Waals surface area contributed by atoms with E-state index in [0.717, 1.165) is 19.4 Å². The molecule has 25 heavy (non-hydrogen) atoms. The molecule has 6 nitrogen and oxygen atoms in total. The summed E-state index contributed by atoms with van der Waals surface area (Å²) >= 11 is 6.02. The van der Waals surface area contributed by atoms with Crippen molar-refractivity contribution in [3.05, 3.63) is 52.9 Å². The van der Waals surface area contributed by atoms with E-state index >= 15 is 0 Å². The van der Waals surface area contributed by atoms with Crippen molar-refractivity contribution in [3.63, 3.8) is 0 Å². The van der Waals surface area contributed by atoms with Crippen molar-refractivity contribution in [1.82, 2.24) is 4.90 Å². The minimum atomic E-state index is -0.271. The van der Waals surface area contributed by atoms with Crippen molar-refractivity contribution in [2.75, 3.05) is 18.5 Å². The smallest absolute Gasteiger partial charge is 0.322 e. The number of hydrogen-bond acceptors (Lipinski definition) is 4. The molecule has 0 radical (unpaired) electrons. The molecular weight excluding hydrogens is 342 g/mol. The lowest BCUT2D eigenvalue weighted by Crippen LogP contribution is -2.39. The first-order valence-corrected chi connectivity index (χ1v) is 8.43. The van der Waals surface area contributed by atoms with Crippen molar-refractivity contribution in [2.45, 2.75) is 25.5 Å². The number of nitriles is 1. The molecule has 2 amide bonds. The Hall–Kier alpha value is -2.49. The SMILES string of the molecule is N#Cc1ccc(NC(=O)N(Cc2ccco2)CC2CCCO2)cc1Cl. The maximum absolute atomic E-state index is 12.7. The molecule has 1 N–H and O–H groups in total. The fraction of sp³-hybridized carbons (Fsp3) is 0.333. The highest BCUT2D eigenvalue weighted by atomic mass is 35.5. The van der Waals surface area contributed by atoms with Gasteiger partial charge in [-0.2, -0.15) is 5.26 Å². The topological polar surface area (TPSA) is 78.5 Å². The number of furan rings is 1. The lowest BCUT2D eigenvalue weighted by molar-refractivity contribution is 0.0803. The van der Waals surface area contributed by atoms with Gasteiger partial charge in [-0.15, -0.1) is 0 Å². The van der Waals surface area contributed by atoms with Crippen molar-refractivity contribution in [2.24, 2.45) is 0 Å². The summed E-state index contributed by atoms with van der Waals surface area (Å²) in [4.78, 5) is 14.4. The molecule has 0 aliphatic carbocycles. The minimum absolute atomic E-state index is 0.0327. The highest BCUT2D eigenvalue weighted by molar-refractivity contribution is 6.32. The van der Waals surface area contributed by atoms with Gasteiger partial charge in [-0.05, 0) is 43.2 Å². The van der Waals surface area contributed by atoms with Gasteiger partial charge < -0.3 is 19.4 Å². The van der Waals surface area contributed by atoms with E-state index in [4.69, 9.17) is 26.0 Å². The third kappa shape index (κ3) is 4.53. The number of nitrogens with zero attached hydrogens (tertiary/aromatic N) is 2. The van der Waals surface area contributed by atoms with E-state index in [0.29, 0.717) is 35.1 Å². The zero-order valence-electron chi connectivity index (χ0n) is 13.6. The van der Waals surface area contributed by atoms with Crippen LogP contribution >= 0.6 is 11.6 Å². The Morgan fingerprint density at radius 3 is 2.96 bits per heavy atom. The van der Waals surface area contributed by atoms with Gasteiger partial charge in [0.15, 0.2) is 0 Å². The van der Waals surface area contributed by atoms with Gasteiger partial charge in [0, 0.05) is 18.8 Å². The zero-order chi connectivity index (χ0) is 17.6. The average molecular weight is 360 g/mol. The molecule has 2 aromatic rings. The highest BCUT2D eigenvalue weighted by Crippen LogP contribution is 2.21. The number of rotatable bonds is 5. The van der Waals surface area contributed by atoms with Crippen molar-refractivity contribution in [1.29, 1.82) is 5.26 Å². The van der Waals surface area contributed by atoms with Crippen molar-refractivity contribution < 1.29 is 13.9 Å². The molecule has 1 aliphatic rings. The van der Waals surface area contributed by atoms with Crippen LogP contribution in [0, 0.1) is 11.3 Å². The largest absolute Gasteiger partial charge is 0.467 e. The molecule has 1 fully saturated rings. The first-order chi connectivity index (χ1) is 12.2. The van der Waals surface area contributed by atoms with Crippen LogP contribution in [-0.2, 0) is 11.3 Å². The number of benzene rings is 1. The summed E-state index contributed by atoms with van der Waals surface area (Å²) in [6.45, 7) is 1.56. The molecule has 1 aliphatic heterocycles. The molecule has 0 spiro atoms. The van der Waals surface area contributed by atoms with Gasteiger partial charge in [-0.3, -0.25) is 0 Å². The molecule has 0 bridgehead atoms. The number of nitrogens with one attached hydrogen (secondary N) is 1. The second kappa shape index (κ2) is 8.06. The molecule has 1 atom stereocenters. The van der Waals surface area contributed by atoms with Crippen molar-refractivity contribution >= 4 is 23.3 Å². The Labute approximate surface area is 150 Å². The third-order valence-corrected chi connectivity index (χ3v) is 4.32. The normalized spacial score (nSPS) is 16.4. The Morgan fingerprint density at radius 1 is 1.44 bits per heavy atom. The van der Waals surface area contributed by atoms with E-state index in [1.54, 1.807) is 35.4 Å². The van der Waals surface area contributed by atoms with Crippen LogP contribution in [0.4, 0.5) is 10.5 Å². The third-order valence-electron chi connectivity index (χ3n) is 4.00. The van der Waals surface area contributed by atoms with Gasteiger partial charge >= 0.3 is 6.03 Å². The summed E-state index contributed by atoms with van der Waals surface area (Å²) in [5.74, 6) is 0.700. The van der Waals surface area contributed by atoms with Gasteiger partial charge in [-0.25, -0.2) is 4.79 Å². The Bertz CT molecular complexity index is 764. The van der Waals surface area contributed by atoms with Crippen LogP contribution in [0.25, 0.3) is 0 Å². The van der Waals surface area contributed by atoms with Gasteiger partial charge in [-0.1, -0.05) is 11.6 Å². The van der Waals surface area contributed by atoms with E-state index in [9.17, 15) is 4.79 Å². The van der Waals surface area contributed by atoms with Gasteiger partial charge in [0.05, 0.1) is 29.5 Å². The Morgan fingerprint density at radius 2 is 2.32 bits per heavy atom. The molecule has 2 heterocycles. The molecule has 1 saturated heterocycles. The summed E-state index contributed by atoms with van der Waals surface area (Å²) < 4.78 is 11.0. The van der Waals surface area contributed by atoms with E-state index in [2.05, 4.69) is 5.32 Å². The number of amides is 2. The van der Waals surface area contributed by atoms with E-state index in [-0.39, 0.29) is 12.1 Å². The predicted molar refractivity (Wildman–Crippen MR) is 93.3 cm³/mol. The van der Waals surface area contributed by atoms with Gasteiger partial charge in [0.1, 0.15) is 11.8 Å². The maximum atomic E-state index is 12.7. The number of carbonyl (C=O) groups is 1. The lowest BCUT2D eigenvalue weighted by atomic mass is 10.2. The Balaban J connectivity index is 1.71. The van der Waals surface area contributed by atoms with Crippen LogP contribution in [0.1, 0.15) is 24.2 Å². The van der Waals surface area contributed by atoms with Crippen LogP contribution < -0.4 is 5.32 Å². The summed E-state index contributed by atoms with van der Waals surface area (Å²) in [6, 6.07) is 10.1. The molecule has 1 aromatic carbocycles. The summed E-state index contributed by atoms with van der Waals surface area (Å²) in [5, 5.41) is 12.0. The van der Waals surface area contributed by atoms with E-state index < -0.39 is 0 Å². The Kier molecular flexibility index (Phi) is 5.59. The van der Waals surface area contributed by atoms with Crippen LogP contribution in [-0.4, -0.2) is 30.2 Å². The predicted octanol–water partition coefficient (Wildman–Crippen LogP) is 4.02. The maximum Gasteiger partial charge on any atom is 0.322 e. The second-order valence-electron chi connectivity index (χ2n) is 5.83. The number of hydrogen-bond donors (Lipinski definition) is 1. The van der Waals surface area contributed by atoms with Crippen LogP contribution in [0.2, 0.25) is 5.02 Å². The molecule has 1 aromatic heterocycles. The van der Waals surface area contributed by atoms with E-state index in [1.807, 2.05) is 12.1 Å². The van der Waals surface area contributed by atoms with Crippen LogP contribution in [0.3, 0.4) is 0 Å². The fourth-order valence-electron chi connectivity index (χ4n) is 2.73. The van der Waals surface area contributed by atoms with Crippen molar-refractivity contribution in [3.8, 4) is 6.07 Å². The number of anilines is 1. The molecular formula is C18H18ClN3O3. The highest BCUT2D eigenvalue weighted by Gasteiger charge is 2.23. The number of ether oxygens (including phenoxy) is 1. The average Bonchev–Trinajstić information content (AvgIpc) is 3.28. The lowest BCUT2D eigenvalue weighted by Gasteiger charge is -2.25. The zero-order valence-corrected chi connectivity index (χ0v) is 14.3. The second-order valence-corrected chi connectivity index (χ2v) is 6.24. The molecule has 3 rings (SSSR count). The molecule has 7 heteroatoms. The fourth-order valence-corrected chi connectivity index (χ4v) is 2.95. The number of halogens is 1. The molecule has 0 saturated carbocycles. The molecule has 1 unspecified atom stereocenters. The van der Waals surface area contributed by atoms with Crippen LogP contribution in [0.15, 0.2) is 41.0 Å². The quantitative estimate of drug-likeness (QED) is 0.874. The monoisotopic (exact) mass is 359 g/mol. The first-order valence-electron chi connectivity index (χ1n) is 8.05.